The summed E-state index contributed by atoms with van der Waals surface area (Å²) in [6.45, 7) is 15.8. The fourth-order valence-electron chi connectivity index (χ4n) is 3.52. The molecule has 200 valence electrons. The third-order valence-corrected chi connectivity index (χ3v) is 6.58. The molecule has 1 aromatic carbocycles. The number of nitrogens with two attached hydrogens (primary N) is 1. The van der Waals surface area contributed by atoms with Crippen LogP contribution in [0.5, 0.6) is 0 Å². The van der Waals surface area contributed by atoms with E-state index < -0.39 is 11.6 Å². The quantitative estimate of drug-likeness (QED) is 0.199. The highest BCUT2D eigenvalue weighted by molar-refractivity contribution is 7.12. The summed E-state index contributed by atoms with van der Waals surface area (Å²) in [7, 11) is 0. The third kappa shape index (κ3) is 9.62. The largest absolute Gasteiger partial charge is 0.494 e. The van der Waals surface area contributed by atoms with E-state index in [0.29, 0.717) is 35.6 Å². The Bertz CT molecular complexity index is 1280. The standard InChI is InChI=1S/C23H31NO2S.C8H8F2/c1-7-11-18(12-8-2)15-26-17(6)14-16(5)21-20(13-9-3)27-23(22(21)24)19(25)10-4;1-2-6-4-3-5-7(9)8(6)10/h7-8,11-14H,1,9-10,15,24H2,2-6H3;3-5H,2H2,1H3/b12-8-,17-14+,18-11+,20-13-,21-16+;. The van der Waals surface area contributed by atoms with Crippen LogP contribution in [0.15, 0.2) is 66.5 Å². The molecule has 0 aliphatic heterocycles. The number of rotatable bonds is 10. The molecule has 0 saturated heterocycles. The lowest BCUT2D eigenvalue weighted by Gasteiger charge is -2.07. The van der Waals surface area contributed by atoms with Crippen LogP contribution < -0.4 is 15.5 Å². The summed E-state index contributed by atoms with van der Waals surface area (Å²) in [6, 6.07) is 4.21. The number of halogens is 2. The van der Waals surface area contributed by atoms with Gasteiger partial charge < -0.3 is 10.5 Å². The van der Waals surface area contributed by atoms with Gasteiger partial charge in [0.1, 0.15) is 6.61 Å². The predicted molar refractivity (Wildman–Crippen MR) is 155 cm³/mol. The van der Waals surface area contributed by atoms with Gasteiger partial charge in [-0.3, -0.25) is 4.79 Å². The van der Waals surface area contributed by atoms with Crippen LogP contribution >= 0.6 is 11.3 Å². The third-order valence-electron chi connectivity index (χ3n) is 5.34. The SMILES string of the molecule is C=C/C=C(\C=C/C)CO/C(C)=C/C(C)=c1/c(N)c(C(=O)CC)s/c1=C\CC.CCc1cccc(F)c1F. The Labute approximate surface area is 224 Å². The molecule has 0 unspecified atom stereocenters. The molecule has 0 atom stereocenters. The maximum atomic E-state index is 12.6. The van der Waals surface area contributed by atoms with Crippen molar-refractivity contribution in [3.63, 3.8) is 0 Å². The second-order valence-corrected chi connectivity index (χ2v) is 9.30. The number of allylic oxidation sites excluding steroid dienone is 5. The molecule has 3 nitrogen and oxygen atoms in total. The summed E-state index contributed by atoms with van der Waals surface area (Å²) < 4.78 is 31.9. The van der Waals surface area contributed by atoms with E-state index in [2.05, 4.69) is 19.6 Å². The van der Waals surface area contributed by atoms with E-state index in [1.54, 1.807) is 19.1 Å². The molecule has 0 bridgehead atoms. The first-order valence-corrected chi connectivity index (χ1v) is 13.3. The van der Waals surface area contributed by atoms with E-state index in [0.717, 1.165) is 39.1 Å². The number of Topliss-reactive ketones (excluding diaryl/α,β-unsaturated/α-hetero) is 1. The Morgan fingerprint density at radius 2 is 1.89 bits per heavy atom. The van der Waals surface area contributed by atoms with E-state index in [4.69, 9.17) is 10.5 Å². The normalized spacial score (nSPS) is 13.4. The van der Waals surface area contributed by atoms with Gasteiger partial charge in [0.05, 0.1) is 16.3 Å². The van der Waals surface area contributed by atoms with Crippen LogP contribution in [0.3, 0.4) is 0 Å². The molecule has 0 saturated carbocycles. The monoisotopic (exact) mass is 527 g/mol. The number of carbonyl (C=O) groups is 1. The highest BCUT2D eigenvalue weighted by Crippen LogP contribution is 2.16. The first-order chi connectivity index (χ1) is 17.6. The zero-order valence-electron chi connectivity index (χ0n) is 22.8. The number of nitrogen functional groups attached to an aromatic ring is 1. The number of benzene rings is 1. The topological polar surface area (TPSA) is 52.3 Å². The number of carbonyl (C=O) groups excluding carboxylic acids is 1. The molecule has 2 N–H and O–H groups in total. The minimum Gasteiger partial charge on any atom is -0.494 e. The van der Waals surface area contributed by atoms with Gasteiger partial charge in [0.2, 0.25) is 0 Å². The summed E-state index contributed by atoms with van der Waals surface area (Å²) in [4.78, 5) is 12.9. The molecule has 2 rings (SSSR count). The van der Waals surface area contributed by atoms with E-state index in [-0.39, 0.29) is 5.78 Å². The first kappa shape index (κ1) is 31.8. The van der Waals surface area contributed by atoms with E-state index >= 15 is 0 Å². The Hall–Kier alpha value is -3.25. The van der Waals surface area contributed by atoms with E-state index in [9.17, 15) is 13.6 Å². The van der Waals surface area contributed by atoms with Crippen molar-refractivity contribution in [1.29, 1.82) is 0 Å². The van der Waals surface area contributed by atoms with Crippen molar-refractivity contribution in [3.8, 4) is 0 Å². The number of hydrogen-bond acceptors (Lipinski definition) is 4. The molecule has 0 radical (unpaired) electrons. The molecule has 1 aromatic heterocycles. The zero-order chi connectivity index (χ0) is 28.0. The van der Waals surface area contributed by atoms with Gasteiger partial charge in [0, 0.05) is 16.2 Å². The van der Waals surface area contributed by atoms with E-state index in [1.165, 1.54) is 17.4 Å². The second kappa shape index (κ2) is 16.5. The fourth-order valence-corrected chi connectivity index (χ4v) is 4.83. The Morgan fingerprint density at radius 3 is 2.43 bits per heavy atom. The number of anilines is 1. The lowest BCUT2D eigenvalue weighted by Crippen LogP contribution is -2.23. The molecule has 2 aromatic rings. The number of thiophene rings is 1. The second-order valence-electron chi connectivity index (χ2n) is 8.24. The number of aryl methyl sites for hydroxylation is 1. The van der Waals surface area contributed by atoms with Gasteiger partial charge in [-0.2, -0.15) is 0 Å². The zero-order valence-corrected chi connectivity index (χ0v) is 23.6. The van der Waals surface area contributed by atoms with Gasteiger partial charge >= 0.3 is 0 Å². The molecule has 37 heavy (non-hydrogen) atoms. The summed E-state index contributed by atoms with van der Waals surface area (Å²) in [6.07, 6.45) is 13.6. The molecule has 0 amide bonds. The Morgan fingerprint density at radius 1 is 1.19 bits per heavy atom. The van der Waals surface area contributed by atoms with Crippen molar-refractivity contribution < 1.29 is 18.3 Å². The van der Waals surface area contributed by atoms with Gasteiger partial charge in [-0.15, -0.1) is 11.3 Å². The van der Waals surface area contributed by atoms with Crippen LogP contribution in [0.4, 0.5) is 14.5 Å². The van der Waals surface area contributed by atoms with Crippen molar-refractivity contribution in [2.45, 2.75) is 60.8 Å². The molecule has 6 heteroatoms. The van der Waals surface area contributed by atoms with E-state index in [1.807, 2.05) is 52.0 Å². The molecular formula is C31H39F2NO2S. The van der Waals surface area contributed by atoms with Crippen molar-refractivity contribution in [2.24, 2.45) is 0 Å². The predicted octanol–water partition coefficient (Wildman–Crippen LogP) is 7.42. The number of ketones is 1. The number of hydrogen-bond donors (Lipinski definition) is 1. The van der Waals surface area contributed by atoms with Gasteiger partial charge in [-0.25, -0.2) is 8.78 Å². The van der Waals surface area contributed by atoms with Gasteiger partial charge in [-0.05, 0) is 62.5 Å². The molecule has 0 aliphatic rings. The maximum Gasteiger partial charge on any atom is 0.174 e. The lowest BCUT2D eigenvalue weighted by atomic mass is 10.1. The maximum absolute atomic E-state index is 12.6. The fraction of sp³-hybridized carbons (Fsp3) is 0.323. The highest BCUT2D eigenvalue weighted by Gasteiger charge is 2.14. The minimum absolute atomic E-state index is 0.0878. The smallest absolute Gasteiger partial charge is 0.174 e. The van der Waals surface area contributed by atoms with Gasteiger partial charge in [0.15, 0.2) is 17.4 Å². The summed E-state index contributed by atoms with van der Waals surface area (Å²) in [5.41, 5.74) is 9.39. The minimum atomic E-state index is -0.764. The summed E-state index contributed by atoms with van der Waals surface area (Å²) in [5.74, 6) is -0.599. The van der Waals surface area contributed by atoms with Crippen molar-refractivity contribution in [2.75, 3.05) is 12.3 Å². The van der Waals surface area contributed by atoms with Crippen LogP contribution in [-0.4, -0.2) is 12.4 Å². The van der Waals surface area contributed by atoms with Crippen LogP contribution in [0, 0.1) is 11.6 Å². The van der Waals surface area contributed by atoms with Gasteiger partial charge in [0.25, 0.3) is 0 Å². The molecule has 1 heterocycles. The number of ether oxygens (including phenoxy) is 1. The van der Waals surface area contributed by atoms with Crippen LogP contribution in [0.25, 0.3) is 11.6 Å². The summed E-state index contributed by atoms with van der Waals surface area (Å²) in [5, 5.41) is 0.942. The van der Waals surface area contributed by atoms with Crippen LogP contribution in [0.2, 0.25) is 0 Å². The van der Waals surface area contributed by atoms with Crippen molar-refractivity contribution in [3.05, 3.63) is 98.3 Å². The van der Waals surface area contributed by atoms with Gasteiger partial charge in [-0.1, -0.05) is 69.9 Å². The lowest BCUT2D eigenvalue weighted by molar-refractivity contribution is 0.0992. The van der Waals surface area contributed by atoms with Crippen molar-refractivity contribution in [1.82, 2.24) is 0 Å². The van der Waals surface area contributed by atoms with Crippen LogP contribution in [0.1, 0.15) is 69.6 Å². The molecule has 0 spiro atoms. The molecule has 0 aliphatic carbocycles. The highest BCUT2D eigenvalue weighted by atomic mass is 32.1. The Kier molecular flexibility index (Phi) is 14.2. The molecule has 0 fully saturated rings. The Balaban J connectivity index is 0.000000568. The average Bonchev–Trinajstić information content (AvgIpc) is 3.20. The molecular weight excluding hydrogens is 488 g/mol. The van der Waals surface area contributed by atoms with Crippen LogP contribution in [-0.2, 0) is 11.2 Å². The van der Waals surface area contributed by atoms with Crippen molar-refractivity contribution >= 4 is 34.5 Å². The first-order valence-electron chi connectivity index (χ1n) is 12.5. The average molecular weight is 528 g/mol. The summed E-state index contributed by atoms with van der Waals surface area (Å²) >= 11 is 1.48.